The molecule has 0 N–H and O–H groups in total. The Kier molecular flexibility index (Phi) is 5.32. The molecule has 1 aromatic rings. The van der Waals surface area contributed by atoms with Crippen molar-refractivity contribution in [1.29, 1.82) is 0 Å². The normalized spacial score (nSPS) is 36.2. The van der Waals surface area contributed by atoms with Gasteiger partial charge in [0.2, 0.25) is 11.6 Å². The number of benzene rings is 1. The van der Waals surface area contributed by atoms with Crippen molar-refractivity contribution in [2.24, 2.45) is 5.92 Å². The first kappa shape index (κ1) is 24.0. The number of hydrogen-bond acceptors (Lipinski definition) is 3. The summed E-state index contributed by atoms with van der Waals surface area (Å²) in [5.41, 5.74) is 4.74. The minimum atomic E-state index is -0.347. The van der Waals surface area contributed by atoms with Crippen LogP contribution in [0.1, 0.15) is 51.5 Å². The van der Waals surface area contributed by atoms with E-state index in [2.05, 4.69) is 127 Å². The third-order valence-corrected chi connectivity index (χ3v) is 10.2. The summed E-state index contributed by atoms with van der Waals surface area (Å²) >= 11 is 0. The fourth-order valence-electron chi connectivity index (χ4n) is 8.11. The van der Waals surface area contributed by atoms with Gasteiger partial charge in [-0.3, -0.25) is 0 Å². The molecule has 7 aliphatic rings. The van der Waals surface area contributed by atoms with Crippen molar-refractivity contribution in [1.82, 2.24) is 4.90 Å². The van der Waals surface area contributed by atoms with Gasteiger partial charge >= 0.3 is 5.90 Å². The van der Waals surface area contributed by atoms with E-state index in [-0.39, 0.29) is 29.2 Å². The molecule has 6 atom stereocenters. The summed E-state index contributed by atoms with van der Waals surface area (Å²) in [6, 6.07) is 8.94. The molecule has 4 heteroatoms. The molecule has 2 heterocycles. The minimum absolute atomic E-state index is 0.0308. The summed E-state index contributed by atoms with van der Waals surface area (Å²) in [7, 11) is 0. The van der Waals surface area contributed by atoms with Crippen LogP contribution >= 0.6 is 0 Å². The molecule has 0 saturated heterocycles. The Morgan fingerprint density at radius 1 is 0.925 bits per heavy atom. The zero-order chi connectivity index (χ0) is 26.9. The molecule has 0 aromatic heterocycles. The van der Waals surface area contributed by atoms with Gasteiger partial charge in [-0.15, -0.1) is 0 Å². The van der Waals surface area contributed by atoms with Crippen molar-refractivity contribution in [3.05, 3.63) is 126 Å². The van der Waals surface area contributed by atoms with Gasteiger partial charge in [0, 0.05) is 18.3 Å². The van der Waals surface area contributed by atoms with Gasteiger partial charge in [-0.05, 0) is 75.5 Å². The van der Waals surface area contributed by atoms with Crippen LogP contribution < -0.4 is 4.74 Å². The largest absolute Gasteiger partial charge is 0.478 e. The zero-order valence-corrected chi connectivity index (χ0v) is 23.4. The lowest BCUT2D eigenvalue weighted by Gasteiger charge is -2.37. The first-order valence-corrected chi connectivity index (χ1v) is 14.9. The van der Waals surface area contributed by atoms with E-state index in [1.807, 2.05) is 0 Å². The molecule has 0 amide bonds. The lowest BCUT2D eigenvalue weighted by molar-refractivity contribution is -0.603. The number of hydrogen-bond donors (Lipinski definition) is 0. The monoisotopic (exact) mass is 529 g/mol. The summed E-state index contributed by atoms with van der Waals surface area (Å²) in [6.07, 6.45) is 35.0. The van der Waals surface area contributed by atoms with Crippen LogP contribution in [0, 0.1) is 5.92 Å². The highest BCUT2D eigenvalue weighted by atomic mass is 16.5. The molecule has 0 spiro atoms. The fourth-order valence-corrected chi connectivity index (χ4v) is 8.11. The minimum Gasteiger partial charge on any atom is -0.478 e. The van der Waals surface area contributed by atoms with E-state index >= 15 is 0 Å². The summed E-state index contributed by atoms with van der Waals surface area (Å²) in [4.78, 5) is 2.58. The Morgan fingerprint density at radius 3 is 2.60 bits per heavy atom. The second-order valence-electron chi connectivity index (χ2n) is 12.3. The topological polar surface area (TPSA) is 24.7 Å². The van der Waals surface area contributed by atoms with E-state index in [1.54, 1.807) is 0 Å². The van der Waals surface area contributed by atoms with Crippen LogP contribution in [0.4, 0.5) is 0 Å². The number of para-hydroxylation sites is 1. The smallest absolute Gasteiger partial charge is 0.375 e. The predicted molar refractivity (Wildman–Crippen MR) is 159 cm³/mol. The number of allylic oxidation sites excluding steroid dienone is 10. The van der Waals surface area contributed by atoms with E-state index in [9.17, 15) is 0 Å². The van der Waals surface area contributed by atoms with Crippen molar-refractivity contribution in [2.45, 2.75) is 75.3 Å². The molecule has 6 unspecified atom stereocenters. The molecule has 2 aliphatic heterocycles. The van der Waals surface area contributed by atoms with E-state index in [0.29, 0.717) is 6.04 Å². The number of fused-ring (bicyclic) bond motifs is 6. The van der Waals surface area contributed by atoms with E-state index in [0.717, 1.165) is 49.3 Å². The molecular weight excluding hydrogens is 492 g/mol. The van der Waals surface area contributed by atoms with Crippen LogP contribution in [0.2, 0.25) is 0 Å². The maximum atomic E-state index is 6.98. The summed E-state index contributed by atoms with van der Waals surface area (Å²) in [5, 5.41) is 0. The van der Waals surface area contributed by atoms with Gasteiger partial charge in [-0.25, -0.2) is 0 Å². The standard InChI is InChI=1S/C36H37N2O2/c1-35-33(25-21-23-28(24-22-25)37(26-13-5-3-6-14-26)27-15-7-4-8-16-27)36(35,2)40-31-19-11-9-17-29(31)34-38(35)30-18-10-12-20-32(30)39-34/h3,5-7,9-13,15-21,23,26,30,32-33H,4,8,14,22,24H2,1-2H3/q+1. The third kappa shape index (κ3) is 3.34. The highest BCUT2D eigenvalue weighted by Crippen LogP contribution is 2.65. The zero-order valence-electron chi connectivity index (χ0n) is 23.4. The molecule has 40 heavy (non-hydrogen) atoms. The molecular formula is C36H37N2O2+. The molecule has 1 fully saturated rings. The Morgan fingerprint density at radius 2 is 1.80 bits per heavy atom. The summed E-state index contributed by atoms with van der Waals surface area (Å²) < 4.78 is 16.2. The van der Waals surface area contributed by atoms with Gasteiger partial charge in [-0.1, -0.05) is 72.4 Å². The van der Waals surface area contributed by atoms with Crippen LogP contribution in [0.5, 0.6) is 5.75 Å². The molecule has 202 valence electrons. The highest BCUT2D eigenvalue weighted by Gasteiger charge is 2.86. The van der Waals surface area contributed by atoms with Crippen molar-refractivity contribution in [3.63, 3.8) is 0 Å². The maximum absolute atomic E-state index is 6.98. The second-order valence-corrected chi connectivity index (χ2v) is 12.3. The van der Waals surface area contributed by atoms with Crippen molar-refractivity contribution < 1.29 is 14.0 Å². The fraction of sp³-hybridized carbons (Fsp3) is 0.361. The van der Waals surface area contributed by atoms with Gasteiger partial charge in [0.15, 0.2) is 11.7 Å². The Hall–Kier alpha value is -3.79. The molecule has 5 aliphatic carbocycles. The Balaban J connectivity index is 1.18. The first-order valence-electron chi connectivity index (χ1n) is 14.9. The number of ether oxygens (including phenoxy) is 2. The van der Waals surface area contributed by atoms with Gasteiger partial charge < -0.3 is 14.4 Å². The molecule has 1 saturated carbocycles. The lowest BCUT2D eigenvalue weighted by atomic mass is 9.93. The van der Waals surface area contributed by atoms with Crippen LogP contribution in [0.3, 0.4) is 0 Å². The third-order valence-electron chi connectivity index (χ3n) is 10.2. The average molecular weight is 530 g/mol. The van der Waals surface area contributed by atoms with E-state index in [4.69, 9.17) is 9.47 Å². The molecule has 0 bridgehead atoms. The van der Waals surface area contributed by atoms with Crippen LogP contribution in [-0.2, 0) is 4.74 Å². The van der Waals surface area contributed by atoms with Crippen LogP contribution in [-0.4, -0.2) is 44.7 Å². The molecule has 4 nitrogen and oxygen atoms in total. The quantitative estimate of drug-likeness (QED) is 0.397. The summed E-state index contributed by atoms with van der Waals surface area (Å²) in [6.45, 7) is 4.71. The van der Waals surface area contributed by atoms with E-state index in [1.165, 1.54) is 17.0 Å². The Labute approximate surface area is 237 Å². The SMILES string of the molecule is CC12Oc3ccccc3C3=[N+](C4C=CC=CC4O3)C1(C)C2C1=CC=C(N(C2=CCCC=C2)C2C=CC=CC2)CC1. The van der Waals surface area contributed by atoms with Crippen LogP contribution in [0.15, 0.2) is 120 Å². The number of rotatable bonds is 4. The van der Waals surface area contributed by atoms with Gasteiger partial charge in [0.25, 0.3) is 0 Å². The van der Waals surface area contributed by atoms with Gasteiger partial charge in [-0.2, -0.15) is 4.58 Å². The average Bonchev–Trinajstić information content (AvgIpc) is 3.28. The van der Waals surface area contributed by atoms with Crippen LogP contribution in [0.25, 0.3) is 0 Å². The van der Waals surface area contributed by atoms with Gasteiger partial charge in [0.1, 0.15) is 11.3 Å². The summed E-state index contributed by atoms with van der Waals surface area (Å²) in [5.74, 6) is 2.17. The molecule has 0 radical (unpaired) electrons. The van der Waals surface area contributed by atoms with Crippen molar-refractivity contribution in [2.75, 3.05) is 0 Å². The molecule has 8 rings (SSSR count). The maximum Gasteiger partial charge on any atom is 0.375 e. The number of nitrogens with zero attached hydrogens (tertiary/aromatic N) is 2. The Bertz CT molecular complexity index is 1550. The van der Waals surface area contributed by atoms with Crippen molar-refractivity contribution in [3.8, 4) is 5.75 Å². The molecule has 1 aromatic carbocycles. The van der Waals surface area contributed by atoms with Gasteiger partial charge in [0.05, 0.1) is 12.0 Å². The lowest BCUT2D eigenvalue weighted by Crippen LogP contribution is -2.43. The second kappa shape index (κ2) is 8.86. The van der Waals surface area contributed by atoms with Crippen molar-refractivity contribution >= 4 is 5.90 Å². The van der Waals surface area contributed by atoms with E-state index < -0.39 is 0 Å². The highest BCUT2D eigenvalue weighted by molar-refractivity contribution is 5.95. The first-order chi connectivity index (χ1) is 19.6. The predicted octanol–water partition coefficient (Wildman–Crippen LogP) is 6.90.